The molecule has 0 radical (unpaired) electrons. The summed E-state index contributed by atoms with van der Waals surface area (Å²) in [5.74, 6) is 0.683. The average Bonchev–Trinajstić information content (AvgIpc) is 3.31. The van der Waals surface area contributed by atoms with E-state index in [0.717, 1.165) is 22.0 Å². The molecule has 25 heavy (non-hydrogen) atoms. The van der Waals surface area contributed by atoms with E-state index in [1.54, 1.807) is 16.2 Å². The largest absolute Gasteiger partial charge is 0.346 e. The number of hydrogen-bond acceptors (Lipinski definition) is 5. The molecule has 1 atom stereocenters. The Balaban J connectivity index is 1.46. The van der Waals surface area contributed by atoms with E-state index in [9.17, 15) is 4.79 Å². The topological polar surface area (TPSA) is 77.1 Å². The van der Waals surface area contributed by atoms with Gasteiger partial charge in [-0.1, -0.05) is 41.7 Å². The van der Waals surface area contributed by atoms with E-state index in [4.69, 9.17) is 0 Å². The molecule has 0 fully saturated rings. The van der Waals surface area contributed by atoms with Crippen LogP contribution < -0.4 is 5.32 Å². The van der Waals surface area contributed by atoms with Gasteiger partial charge in [-0.2, -0.15) is 5.10 Å². The van der Waals surface area contributed by atoms with Crippen LogP contribution in [0.2, 0.25) is 0 Å². The van der Waals surface area contributed by atoms with Crippen molar-refractivity contribution in [1.29, 1.82) is 0 Å². The molecule has 0 saturated carbocycles. The smallest absolute Gasteiger partial charge is 0.240 e. The first-order valence-electron chi connectivity index (χ1n) is 7.85. The van der Waals surface area contributed by atoms with Gasteiger partial charge in [-0.15, -0.1) is 0 Å². The summed E-state index contributed by atoms with van der Waals surface area (Å²) in [6, 6.07) is 9.62. The molecule has 126 valence electrons. The van der Waals surface area contributed by atoms with Crippen LogP contribution in [0.4, 0.5) is 0 Å². The number of hydrogen-bond donors (Lipinski definition) is 1. The highest BCUT2D eigenvalue weighted by atomic mass is 32.1. The van der Waals surface area contributed by atoms with Crippen LogP contribution in [-0.2, 0) is 11.3 Å². The van der Waals surface area contributed by atoms with Crippen molar-refractivity contribution >= 4 is 22.2 Å². The predicted octanol–water partition coefficient (Wildman–Crippen LogP) is 2.53. The van der Waals surface area contributed by atoms with Gasteiger partial charge in [0.15, 0.2) is 0 Å². The fraction of sp³-hybridized carbons (Fsp3) is 0.176. The molecule has 0 spiro atoms. The molecule has 0 bridgehead atoms. The Hall–Kier alpha value is -3.00. The zero-order chi connectivity index (χ0) is 17.2. The molecule has 7 nitrogen and oxygen atoms in total. The van der Waals surface area contributed by atoms with Gasteiger partial charge in [0.2, 0.25) is 10.9 Å². The second kappa shape index (κ2) is 6.48. The minimum atomic E-state index is -0.190. The number of amides is 1. The van der Waals surface area contributed by atoms with E-state index in [-0.39, 0.29) is 18.5 Å². The summed E-state index contributed by atoms with van der Waals surface area (Å²) < 4.78 is 3.55. The minimum Gasteiger partial charge on any atom is -0.346 e. The van der Waals surface area contributed by atoms with E-state index in [0.29, 0.717) is 0 Å². The van der Waals surface area contributed by atoms with Crippen molar-refractivity contribution in [2.45, 2.75) is 19.5 Å². The van der Waals surface area contributed by atoms with Crippen molar-refractivity contribution in [2.75, 3.05) is 0 Å². The first-order chi connectivity index (χ1) is 12.2. The number of aromatic nitrogens is 5. The Morgan fingerprint density at radius 3 is 2.96 bits per heavy atom. The maximum Gasteiger partial charge on any atom is 0.240 e. The van der Waals surface area contributed by atoms with Crippen LogP contribution in [0.1, 0.15) is 18.7 Å². The van der Waals surface area contributed by atoms with Gasteiger partial charge in [0.25, 0.3) is 0 Å². The quantitative estimate of drug-likeness (QED) is 0.599. The third kappa shape index (κ3) is 3.16. The molecule has 1 aromatic carbocycles. The third-order valence-electron chi connectivity index (χ3n) is 3.89. The molecule has 0 aliphatic heterocycles. The number of benzene rings is 1. The maximum atomic E-state index is 12.4. The number of rotatable bonds is 5. The summed E-state index contributed by atoms with van der Waals surface area (Å²) in [6.45, 7) is 2.12. The molecule has 8 heteroatoms. The van der Waals surface area contributed by atoms with Gasteiger partial charge in [0, 0.05) is 18.0 Å². The Kier molecular flexibility index (Phi) is 4.02. The lowest BCUT2D eigenvalue weighted by atomic mass is 10.2. The van der Waals surface area contributed by atoms with Gasteiger partial charge in [-0.25, -0.2) is 14.5 Å². The highest BCUT2D eigenvalue weighted by molar-refractivity contribution is 7.14. The van der Waals surface area contributed by atoms with Gasteiger partial charge >= 0.3 is 0 Å². The second-order valence-electron chi connectivity index (χ2n) is 5.67. The molecule has 3 heterocycles. The Bertz CT molecular complexity index is 974. The van der Waals surface area contributed by atoms with E-state index < -0.39 is 0 Å². The summed E-state index contributed by atoms with van der Waals surface area (Å²) in [4.78, 5) is 22.1. The molecular weight excluding hydrogens is 336 g/mol. The molecule has 1 unspecified atom stereocenters. The first kappa shape index (κ1) is 15.5. The number of nitrogens with zero attached hydrogens (tertiary/aromatic N) is 5. The Morgan fingerprint density at radius 1 is 1.32 bits per heavy atom. The lowest BCUT2D eigenvalue weighted by molar-refractivity contribution is -0.122. The van der Waals surface area contributed by atoms with Gasteiger partial charge in [0.05, 0.1) is 17.9 Å². The molecule has 4 aromatic rings. The molecule has 1 amide bonds. The number of nitrogens with one attached hydrogen (secondary N) is 1. The van der Waals surface area contributed by atoms with E-state index >= 15 is 0 Å². The van der Waals surface area contributed by atoms with Crippen molar-refractivity contribution in [1.82, 2.24) is 29.5 Å². The lowest BCUT2D eigenvalue weighted by Crippen LogP contribution is -2.30. The van der Waals surface area contributed by atoms with Crippen LogP contribution in [0.5, 0.6) is 0 Å². The summed E-state index contributed by atoms with van der Waals surface area (Å²) in [7, 11) is 0. The van der Waals surface area contributed by atoms with Gasteiger partial charge in [-0.3, -0.25) is 4.79 Å². The van der Waals surface area contributed by atoms with E-state index in [2.05, 4.69) is 20.4 Å². The summed E-state index contributed by atoms with van der Waals surface area (Å²) in [5, 5.41) is 7.13. The normalized spacial score (nSPS) is 12.4. The van der Waals surface area contributed by atoms with Gasteiger partial charge in [0.1, 0.15) is 17.9 Å². The summed E-state index contributed by atoms with van der Waals surface area (Å²) in [5.41, 5.74) is 3.51. The van der Waals surface area contributed by atoms with Gasteiger partial charge < -0.3 is 9.88 Å². The summed E-state index contributed by atoms with van der Waals surface area (Å²) >= 11 is 1.46. The van der Waals surface area contributed by atoms with Crippen LogP contribution in [0.25, 0.3) is 16.3 Å². The molecule has 0 aliphatic carbocycles. The molecule has 0 saturated heterocycles. The number of carbonyl (C=O) groups is 1. The maximum absolute atomic E-state index is 12.4. The predicted molar refractivity (Wildman–Crippen MR) is 95.1 cm³/mol. The molecule has 0 aliphatic rings. The molecular formula is C17H16N6OS. The molecule has 4 rings (SSSR count). The van der Waals surface area contributed by atoms with Crippen LogP contribution in [0.15, 0.2) is 54.4 Å². The van der Waals surface area contributed by atoms with Crippen molar-refractivity contribution < 1.29 is 4.79 Å². The van der Waals surface area contributed by atoms with Crippen LogP contribution in [0, 0.1) is 0 Å². The second-order valence-corrected chi connectivity index (χ2v) is 6.48. The van der Waals surface area contributed by atoms with Crippen LogP contribution >= 0.6 is 11.3 Å². The minimum absolute atomic E-state index is 0.0907. The number of carbonyl (C=O) groups excluding carboxylic acids is 1. The van der Waals surface area contributed by atoms with Crippen LogP contribution in [-0.4, -0.2) is 30.1 Å². The van der Waals surface area contributed by atoms with E-state index in [1.807, 2.05) is 54.2 Å². The highest BCUT2D eigenvalue weighted by Gasteiger charge is 2.15. The van der Waals surface area contributed by atoms with Crippen molar-refractivity contribution in [3.05, 3.63) is 60.1 Å². The molecule has 3 aromatic heterocycles. The van der Waals surface area contributed by atoms with Crippen molar-refractivity contribution in [2.24, 2.45) is 0 Å². The lowest BCUT2D eigenvalue weighted by Gasteiger charge is -2.13. The zero-order valence-electron chi connectivity index (χ0n) is 13.5. The Morgan fingerprint density at radius 2 is 2.16 bits per heavy atom. The standard InChI is InChI=1S/C17H16N6OS/c1-12(14-9-23-17(21-14)25-11-19-23)20-15(24)10-22-8-7-18-16(22)13-5-3-2-4-6-13/h2-9,11-12H,10H2,1H3,(H,20,24). The van der Waals surface area contributed by atoms with Crippen molar-refractivity contribution in [3.8, 4) is 11.4 Å². The monoisotopic (exact) mass is 352 g/mol. The first-order valence-corrected chi connectivity index (χ1v) is 8.73. The summed E-state index contributed by atoms with van der Waals surface area (Å²) in [6.07, 6.45) is 5.35. The van der Waals surface area contributed by atoms with Crippen LogP contribution in [0.3, 0.4) is 0 Å². The fourth-order valence-electron chi connectivity index (χ4n) is 2.66. The average molecular weight is 352 g/mol. The molecule has 1 N–H and O–H groups in total. The fourth-order valence-corrected chi connectivity index (χ4v) is 3.27. The highest BCUT2D eigenvalue weighted by Crippen LogP contribution is 2.17. The number of imidazole rings is 2. The zero-order valence-corrected chi connectivity index (χ0v) is 14.3. The SMILES string of the molecule is CC(NC(=O)Cn1ccnc1-c1ccccc1)c1cn2ncsc2n1. The van der Waals surface area contributed by atoms with Crippen molar-refractivity contribution in [3.63, 3.8) is 0 Å². The Labute approximate surface area is 148 Å². The van der Waals surface area contributed by atoms with Gasteiger partial charge in [-0.05, 0) is 6.92 Å². The van der Waals surface area contributed by atoms with E-state index in [1.165, 1.54) is 11.3 Å². The third-order valence-corrected chi connectivity index (χ3v) is 4.58. The number of fused-ring (bicyclic) bond motifs is 1.